The van der Waals surface area contributed by atoms with Crippen LogP contribution in [0.5, 0.6) is 0 Å². The number of rotatable bonds is 7. The second-order valence-corrected chi connectivity index (χ2v) is 6.53. The van der Waals surface area contributed by atoms with Crippen molar-refractivity contribution in [1.82, 2.24) is 0 Å². The highest BCUT2D eigenvalue weighted by atomic mass is 32.2. The van der Waals surface area contributed by atoms with Crippen LogP contribution in [0.25, 0.3) is 0 Å². The van der Waals surface area contributed by atoms with Crippen molar-refractivity contribution in [3.05, 3.63) is 33.9 Å². The van der Waals surface area contributed by atoms with E-state index in [0.717, 1.165) is 4.31 Å². The fourth-order valence-electron chi connectivity index (χ4n) is 1.80. The molecule has 1 aromatic carbocycles. The topological polar surface area (TPSA) is 118 Å². The molecule has 1 aromatic rings. The Bertz CT molecular complexity index is 656. The number of benzene rings is 1. The Morgan fingerprint density at radius 3 is 2.48 bits per heavy atom. The molecule has 1 rings (SSSR count). The summed E-state index contributed by atoms with van der Waals surface area (Å²) in [7, 11) is -3.66. The normalized spacial score (nSPS) is 11.1. The molecule has 0 unspecified atom stereocenters. The SMILES string of the molecule is CCS(=O)(=O)N(CCC(=O)O)c1ccc([N+](=O)[O-])cc1C. The monoisotopic (exact) mass is 316 g/mol. The third-order valence-corrected chi connectivity index (χ3v) is 4.67. The molecule has 0 aromatic heterocycles. The van der Waals surface area contributed by atoms with E-state index in [-0.39, 0.29) is 30.1 Å². The minimum atomic E-state index is -3.66. The third-order valence-electron chi connectivity index (χ3n) is 2.89. The molecule has 0 aliphatic carbocycles. The lowest BCUT2D eigenvalue weighted by Crippen LogP contribution is -2.34. The van der Waals surface area contributed by atoms with Gasteiger partial charge in [-0.05, 0) is 25.5 Å². The fourth-order valence-corrected chi connectivity index (χ4v) is 2.98. The lowest BCUT2D eigenvalue weighted by molar-refractivity contribution is -0.384. The molecule has 0 spiro atoms. The lowest BCUT2D eigenvalue weighted by Gasteiger charge is -2.24. The molecule has 0 aliphatic rings. The van der Waals surface area contributed by atoms with Gasteiger partial charge < -0.3 is 5.11 Å². The van der Waals surface area contributed by atoms with E-state index in [1.165, 1.54) is 25.1 Å². The number of sulfonamides is 1. The van der Waals surface area contributed by atoms with E-state index in [0.29, 0.717) is 5.56 Å². The molecule has 0 radical (unpaired) electrons. The molecule has 8 nitrogen and oxygen atoms in total. The summed E-state index contributed by atoms with van der Waals surface area (Å²) in [5, 5.41) is 19.4. The largest absolute Gasteiger partial charge is 0.481 e. The summed E-state index contributed by atoms with van der Waals surface area (Å²) in [6.45, 7) is 2.77. The highest BCUT2D eigenvalue weighted by Crippen LogP contribution is 2.27. The van der Waals surface area contributed by atoms with E-state index in [9.17, 15) is 23.3 Å². The van der Waals surface area contributed by atoms with Gasteiger partial charge in [0.2, 0.25) is 10.0 Å². The Morgan fingerprint density at radius 2 is 2.05 bits per heavy atom. The first-order valence-electron chi connectivity index (χ1n) is 6.16. The number of aryl methyl sites for hydroxylation is 1. The van der Waals surface area contributed by atoms with E-state index in [1.54, 1.807) is 6.92 Å². The molecule has 0 aliphatic heterocycles. The molecule has 116 valence electrons. The van der Waals surface area contributed by atoms with Crippen LogP contribution in [-0.4, -0.2) is 36.7 Å². The summed E-state index contributed by atoms with van der Waals surface area (Å²) in [5.41, 5.74) is 0.499. The Labute approximate surface area is 122 Å². The molecule has 0 amide bonds. The van der Waals surface area contributed by atoms with Gasteiger partial charge in [-0.1, -0.05) is 0 Å². The van der Waals surface area contributed by atoms with Crippen LogP contribution in [0.15, 0.2) is 18.2 Å². The van der Waals surface area contributed by atoms with Crippen LogP contribution < -0.4 is 4.31 Å². The van der Waals surface area contributed by atoms with Crippen molar-refractivity contribution >= 4 is 27.4 Å². The zero-order chi connectivity index (χ0) is 16.2. The van der Waals surface area contributed by atoms with E-state index in [1.807, 2.05) is 0 Å². The van der Waals surface area contributed by atoms with Crippen molar-refractivity contribution in [2.45, 2.75) is 20.3 Å². The van der Waals surface area contributed by atoms with Crippen molar-refractivity contribution in [3.8, 4) is 0 Å². The van der Waals surface area contributed by atoms with Gasteiger partial charge in [-0.15, -0.1) is 0 Å². The summed E-state index contributed by atoms with van der Waals surface area (Å²) in [4.78, 5) is 20.8. The van der Waals surface area contributed by atoms with E-state index < -0.39 is 20.9 Å². The third kappa shape index (κ3) is 4.15. The number of nitro groups is 1. The van der Waals surface area contributed by atoms with E-state index in [4.69, 9.17) is 5.11 Å². The number of nitrogens with zero attached hydrogens (tertiary/aromatic N) is 2. The standard InChI is InChI=1S/C12H16N2O6S/c1-3-21(19,20)13(7-6-12(15)16)11-5-4-10(14(17)18)8-9(11)2/h4-5,8H,3,6-7H2,1-2H3,(H,15,16). The number of carboxylic acids is 1. The maximum absolute atomic E-state index is 12.1. The first-order valence-corrected chi connectivity index (χ1v) is 7.77. The summed E-state index contributed by atoms with van der Waals surface area (Å²) in [5.74, 6) is -1.31. The highest BCUT2D eigenvalue weighted by Gasteiger charge is 2.23. The Morgan fingerprint density at radius 1 is 1.43 bits per heavy atom. The molecule has 0 saturated heterocycles. The summed E-state index contributed by atoms with van der Waals surface area (Å²) in [6, 6.07) is 3.78. The molecular weight excluding hydrogens is 300 g/mol. The summed E-state index contributed by atoms with van der Waals surface area (Å²) in [6.07, 6.45) is -0.352. The van der Waals surface area contributed by atoms with Crippen molar-refractivity contribution in [2.24, 2.45) is 0 Å². The zero-order valence-electron chi connectivity index (χ0n) is 11.6. The molecule has 21 heavy (non-hydrogen) atoms. The van der Waals surface area contributed by atoms with Gasteiger partial charge in [-0.2, -0.15) is 0 Å². The average molecular weight is 316 g/mol. The second kappa shape index (κ2) is 6.53. The van der Waals surface area contributed by atoms with Crippen LogP contribution in [0, 0.1) is 17.0 Å². The van der Waals surface area contributed by atoms with Crippen LogP contribution in [0.4, 0.5) is 11.4 Å². The molecular formula is C12H16N2O6S. The van der Waals surface area contributed by atoms with E-state index >= 15 is 0 Å². The van der Waals surface area contributed by atoms with E-state index in [2.05, 4.69) is 0 Å². The van der Waals surface area contributed by atoms with Crippen LogP contribution in [0.2, 0.25) is 0 Å². The summed E-state index contributed by atoms with van der Waals surface area (Å²) >= 11 is 0. The highest BCUT2D eigenvalue weighted by molar-refractivity contribution is 7.92. The Balaban J connectivity index is 3.26. The fraction of sp³-hybridized carbons (Fsp3) is 0.417. The number of hydrogen-bond donors (Lipinski definition) is 1. The molecule has 0 atom stereocenters. The van der Waals surface area contributed by atoms with Crippen LogP contribution >= 0.6 is 0 Å². The van der Waals surface area contributed by atoms with Gasteiger partial charge in [-0.25, -0.2) is 8.42 Å². The molecule has 0 heterocycles. The quantitative estimate of drug-likeness (QED) is 0.602. The molecule has 0 bridgehead atoms. The lowest BCUT2D eigenvalue weighted by atomic mass is 10.2. The number of aliphatic carboxylic acids is 1. The van der Waals surface area contributed by atoms with Crippen LogP contribution in [0.3, 0.4) is 0 Å². The second-order valence-electron chi connectivity index (χ2n) is 4.34. The Hall–Kier alpha value is -2.16. The molecule has 1 N–H and O–H groups in total. The molecule has 0 saturated carbocycles. The summed E-state index contributed by atoms with van der Waals surface area (Å²) < 4.78 is 25.2. The Kier molecular flexibility index (Phi) is 5.25. The maximum Gasteiger partial charge on any atom is 0.305 e. The van der Waals surface area contributed by atoms with Gasteiger partial charge in [-0.3, -0.25) is 19.2 Å². The number of hydrogen-bond acceptors (Lipinski definition) is 5. The van der Waals surface area contributed by atoms with Gasteiger partial charge in [0, 0.05) is 18.7 Å². The number of anilines is 1. The van der Waals surface area contributed by atoms with Crippen molar-refractivity contribution in [2.75, 3.05) is 16.6 Å². The molecule has 9 heteroatoms. The van der Waals surface area contributed by atoms with Gasteiger partial charge in [0.05, 0.1) is 22.8 Å². The smallest absolute Gasteiger partial charge is 0.305 e. The zero-order valence-corrected chi connectivity index (χ0v) is 12.5. The van der Waals surface area contributed by atoms with Crippen molar-refractivity contribution < 1.29 is 23.2 Å². The predicted octanol–water partition coefficient (Wildman–Crippen LogP) is 1.53. The number of carbonyl (C=O) groups is 1. The number of nitro benzene ring substituents is 1. The first-order chi connectivity index (χ1) is 9.69. The van der Waals surface area contributed by atoms with Crippen molar-refractivity contribution in [1.29, 1.82) is 0 Å². The minimum absolute atomic E-state index is 0.150. The van der Waals surface area contributed by atoms with Crippen LogP contribution in [0.1, 0.15) is 18.9 Å². The van der Waals surface area contributed by atoms with Gasteiger partial charge in [0.15, 0.2) is 0 Å². The van der Waals surface area contributed by atoms with Gasteiger partial charge in [0.25, 0.3) is 5.69 Å². The number of carboxylic acid groups (broad SMARTS) is 1. The van der Waals surface area contributed by atoms with Crippen molar-refractivity contribution in [3.63, 3.8) is 0 Å². The van der Waals surface area contributed by atoms with Gasteiger partial charge >= 0.3 is 5.97 Å². The van der Waals surface area contributed by atoms with Gasteiger partial charge in [0.1, 0.15) is 0 Å². The maximum atomic E-state index is 12.1. The minimum Gasteiger partial charge on any atom is -0.481 e. The molecule has 0 fully saturated rings. The van der Waals surface area contributed by atoms with Crippen LogP contribution in [-0.2, 0) is 14.8 Å². The predicted molar refractivity (Wildman–Crippen MR) is 76.9 cm³/mol. The average Bonchev–Trinajstić information content (AvgIpc) is 2.39. The first kappa shape index (κ1) is 16.9. The number of non-ortho nitro benzene ring substituents is 1.